The van der Waals surface area contributed by atoms with Gasteiger partial charge in [-0.3, -0.25) is 0 Å². The van der Waals surface area contributed by atoms with Crippen LogP contribution in [0.25, 0.3) is 22.3 Å². The molecule has 5 rings (SSSR count). The maximum atomic E-state index is 15.2. The molecule has 10 nitrogen and oxygen atoms in total. The number of aromatic nitrogens is 4. The minimum atomic E-state index is -1.28. The van der Waals surface area contributed by atoms with Gasteiger partial charge < -0.3 is 34.7 Å². The number of fused-ring (bicyclic) bond motifs is 3. The van der Waals surface area contributed by atoms with E-state index in [1.807, 2.05) is 13.8 Å². The van der Waals surface area contributed by atoms with Crippen LogP contribution in [0.5, 0.6) is 0 Å². The zero-order chi connectivity index (χ0) is 25.2. The van der Waals surface area contributed by atoms with Crippen LogP contribution in [0.1, 0.15) is 39.6 Å². The van der Waals surface area contributed by atoms with Gasteiger partial charge in [0.1, 0.15) is 35.3 Å². The first kappa shape index (κ1) is 24.3. The van der Waals surface area contributed by atoms with Crippen molar-refractivity contribution in [1.29, 1.82) is 0 Å². The third kappa shape index (κ3) is 4.15. The second kappa shape index (κ2) is 8.61. The van der Waals surface area contributed by atoms with E-state index in [0.29, 0.717) is 16.9 Å². The Morgan fingerprint density at radius 3 is 2.66 bits per heavy atom. The predicted octanol–water partition coefficient (Wildman–Crippen LogP) is 2.35. The number of ether oxygens (including phenoxy) is 2. The van der Waals surface area contributed by atoms with E-state index in [1.165, 1.54) is 12.3 Å². The van der Waals surface area contributed by atoms with Crippen LogP contribution in [0.15, 0.2) is 18.3 Å². The fraction of sp³-hybridized carbons (Fsp3) is 0.522. The van der Waals surface area contributed by atoms with Gasteiger partial charge in [-0.2, -0.15) is 0 Å². The number of aliphatic hydroxyl groups is 3. The Balaban J connectivity index is 1.56. The van der Waals surface area contributed by atoms with Crippen molar-refractivity contribution < 1.29 is 29.2 Å². The minimum Gasteiger partial charge on any atom is -0.388 e. The summed E-state index contributed by atoms with van der Waals surface area (Å²) >= 11 is 6.39. The number of anilines is 1. The topological polar surface area (TPSA) is 135 Å². The van der Waals surface area contributed by atoms with E-state index in [4.69, 9.17) is 21.1 Å². The van der Waals surface area contributed by atoms with Gasteiger partial charge in [0.25, 0.3) is 0 Å². The lowest BCUT2D eigenvalue weighted by Gasteiger charge is -2.36. The van der Waals surface area contributed by atoms with Crippen molar-refractivity contribution in [2.24, 2.45) is 0 Å². The Morgan fingerprint density at radius 1 is 1.23 bits per heavy atom. The summed E-state index contributed by atoms with van der Waals surface area (Å²) in [5, 5.41) is 34.8. The quantitative estimate of drug-likeness (QED) is 0.410. The highest BCUT2D eigenvalue weighted by Crippen LogP contribution is 2.35. The predicted molar refractivity (Wildman–Crippen MR) is 125 cm³/mol. The summed E-state index contributed by atoms with van der Waals surface area (Å²) in [6.07, 6.45) is -2.28. The molecule has 2 saturated heterocycles. The summed E-state index contributed by atoms with van der Waals surface area (Å²) in [7, 11) is 0. The average Bonchev–Trinajstić information content (AvgIpc) is 3.40. The summed E-state index contributed by atoms with van der Waals surface area (Å²) in [6.45, 7) is 7.20. The number of imidazole rings is 1. The van der Waals surface area contributed by atoms with E-state index in [9.17, 15) is 15.3 Å². The van der Waals surface area contributed by atoms with Crippen LogP contribution in [0.4, 0.5) is 10.3 Å². The van der Waals surface area contributed by atoms with Crippen LogP contribution in [0, 0.1) is 5.82 Å². The molecule has 0 aliphatic carbocycles. The van der Waals surface area contributed by atoms with E-state index in [-0.39, 0.29) is 34.8 Å². The van der Waals surface area contributed by atoms with Gasteiger partial charge in [0.15, 0.2) is 12.1 Å². The number of nitrogens with zero attached hydrogens (tertiary/aromatic N) is 4. The molecule has 0 amide bonds. The number of hydrogen-bond donors (Lipinski definition) is 4. The highest BCUT2D eigenvalue weighted by Gasteiger charge is 2.49. The van der Waals surface area contributed by atoms with Gasteiger partial charge in [-0.1, -0.05) is 11.6 Å². The van der Waals surface area contributed by atoms with Crippen molar-refractivity contribution in [1.82, 2.24) is 19.5 Å². The third-order valence-corrected chi connectivity index (χ3v) is 6.53. The van der Waals surface area contributed by atoms with Crippen LogP contribution in [0.3, 0.4) is 0 Å². The van der Waals surface area contributed by atoms with Crippen LogP contribution >= 0.6 is 11.6 Å². The molecular weight excluding hydrogens is 481 g/mol. The van der Waals surface area contributed by atoms with Crippen LogP contribution in [-0.2, 0) is 15.1 Å². The van der Waals surface area contributed by atoms with Crippen molar-refractivity contribution in [2.75, 3.05) is 11.9 Å². The SMILES string of the molecule is CC(C)n1c(C(C)(C)O)nc2c(F)cc(-c3nc(NC4[C@H](O)[C@@H]5OC[C@@H](O5)[C@H]4O)ncc3Cl)cc21. The van der Waals surface area contributed by atoms with Gasteiger partial charge in [0.2, 0.25) is 5.95 Å². The van der Waals surface area contributed by atoms with Crippen molar-refractivity contribution in [3.05, 3.63) is 35.0 Å². The lowest BCUT2D eigenvalue weighted by molar-refractivity contribution is -0.186. The van der Waals surface area contributed by atoms with E-state index in [1.54, 1.807) is 24.5 Å². The summed E-state index contributed by atoms with van der Waals surface area (Å²) in [6, 6.07) is 2.04. The largest absolute Gasteiger partial charge is 0.388 e. The number of hydrogen-bond acceptors (Lipinski definition) is 9. The molecule has 2 fully saturated rings. The molecular formula is C23H27ClFN5O5. The summed E-state index contributed by atoms with van der Waals surface area (Å²) in [5.74, 6) is -0.159. The molecule has 4 N–H and O–H groups in total. The zero-order valence-corrected chi connectivity index (χ0v) is 20.4. The van der Waals surface area contributed by atoms with Crippen LogP contribution in [0.2, 0.25) is 5.02 Å². The Labute approximate surface area is 205 Å². The van der Waals surface area contributed by atoms with Gasteiger partial charge in [-0.05, 0) is 39.8 Å². The van der Waals surface area contributed by atoms with Gasteiger partial charge in [-0.15, -0.1) is 0 Å². The molecule has 4 heterocycles. The van der Waals surface area contributed by atoms with E-state index < -0.39 is 42.1 Å². The lowest BCUT2D eigenvalue weighted by Crippen LogP contribution is -2.57. The monoisotopic (exact) mass is 507 g/mol. The molecule has 1 aromatic carbocycles. The molecule has 1 unspecified atom stereocenters. The Bertz CT molecular complexity index is 1260. The highest BCUT2D eigenvalue weighted by molar-refractivity contribution is 6.33. The van der Waals surface area contributed by atoms with Gasteiger partial charge in [0, 0.05) is 11.6 Å². The number of halogens is 2. The first-order valence-corrected chi connectivity index (χ1v) is 11.7. The fourth-order valence-electron chi connectivity index (χ4n) is 4.60. The van der Waals surface area contributed by atoms with Crippen molar-refractivity contribution in [2.45, 2.75) is 70.0 Å². The molecule has 2 aromatic heterocycles. The number of aliphatic hydroxyl groups excluding tert-OH is 2. The second-order valence-electron chi connectivity index (χ2n) is 9.70. The normalized spacial score (nSPS) is 26.6. The Hall–Kier alpha value is -2.41. The second-order valence-corrected chi connectivity index (χ2v) is 10.1. The maximum absolute atomic E-state index is 15.2. The molecule has 2 aliphatic rings. The molecule has 35 heavy (non-hydrogen) atoms. The van der Waals surface area contributed by atoms with Gasteiger partial charge >= 0.3 is 0 Å². The Morgan fingerprint density at radius 2 is 1.97 bits per heavy atom. The molecule has 2 bridgehead atoms. The van der Waals surface area contributed by atoms with Gasteiger partial charge in [-0.25, -0.2) is 19.3 Å². The standard InChI is InChI=1S/C23H27ClFN5O5/c1-9(2)30-13-6-10(5-12(25)16(13)27-21(30)23(3,4)33)15-11(24)7-26-22(28-15)29-17-18(31)14-8-34-20(35-14)19(17)32/h5-7,9,14,17-20,31-33H,8H2,1-4H3,(H,26,28,29)/t14-,17?,18-,19+,20-/m1/s1. The molecule has 0 spiro atoms. The Kier molecular flexibility index (Phi) is 5.98. The summed E-state index contributed by atoms with van der Waals surface area (Å²) in [5.41, 5.74) is -0.0338. The minimum absolute atomic E-state index is 0.0869. The smallest absolute Gasteiger partial charge is 0.223 e. The molecule has 0 saturated carbocycles. The first-order chi connectivity index (χ1) is 16.5. The zero-order valence-electron chi connectivity index (χ0n) is 19.6. The lowest BCUT2D eigenvalue weighted by atomic mass is 9.98. The van der Waals surface area contributed by atoms with Crippen molar-refractivity contribution in [3.8, 4) is 11.3 Å². The first-order valence-electron chi connectivity index (χ1n) is 11.3. The summed E-state index contributed by atoms with van der Waals surface area (Å²) < 4.78 is 27.8. The van der Waals surface area contributed by atoms with Crippen molar-refractivity contribution in [3.63, 3.8) is 0 Å². The van der Waals surface area contributed by atoms with Crippen LogP contribution < -0.4 is 5.32 Å². The molecule has 12 heteroatoms. The fourth-order valence-corrected chi connectivity index (χ4v) is 4.80. The van der Waals surface area contributed by atoms with Crippen LogP contribution in [-0.4, -0.2) is 72.1 Å². The summed E-state index contributed by atoms with van der Waals surface area (Å²) in [4.78, 5) is 13.0. The van der Waals surface area contributed by atoms with E-state index in [2.05, 4.69) is 20.3 Å². The molecule has 5 atom stereocenters. The van der Waals surface area contributed by atoms with Crippen molar-refractivity contribution >= 4 is 28.6 Å². The maximum Gasteiger partial charge on any atom is 0.223 e. The highest BCUT2D eigenvalue weighted by atomic mass is 35.5. The molecule has 3 aromatic rings. The average molecular weight is 508 g/mol. The molecule has 188 valence electrons. The third-order valence-electron chi connectivity index (χ3n) is 6.25. The number of nitrogens with one attached hydrogen (secondary N) is 1. The number of benzene rings is 1. The van der Waals surface area contributed by atoms with E-state index >= 15 is 4.39 Å². The van der Waals surface area contributed by atoms with E-state index in [0.717, 1.165) is 0 Å². The molecule has 0 radical (unpaired) electrons. The van der Waals surface area contributed by atoms with Gasteiger partial charge in [0.05, 0.1) is 35.1 Å². The number of rotatable bonds is 5. The molecule has 2 aliphatic heterocycles.